The second-order valence-corrected chi connectivity index (χ2v) is 9.19. The fraction of sp³-hybridized carbons (Fsp3) is 0.360. The molecule has 2 aromatic carbocycles. The minimum absolute atomic E-state index is 0.118. The molecule has 1 aliphatic rings. The predicted octanol–water partition coefficient (Wildman–Crippen LogP) is 3.14. The number of nitrogens with one attached hydrogen (secondary N) is 2. The Labute approximate surface area is 219 Å². The van der Waals surface area contributed by atoms with Crippen LogP contribution in [0, 0.1) is 5.92 Å². The molecule has 1 fully saturated rings. The summed E-state index contributed by atoms with van der Waals surface area (Å²) < 4.78 is 11.0. The number of hydrogen-bond acceptors (Lipinski definition) is 6. The van der Waals surface area contributed by atoms with E-state index >= 15 is 0 Å². The summed E-state index contributed by atoms with van der Waals surface area (Å²) in [5, 5.41) is 7.29. The molecule has 3 amide bonds. The molecule has 0 spiro atoms. The molecule has 0 saturated carbocycles. The molecule has 192 valence electrons. The van der Waals surface area contributed by atoms with Crippen LogP contribution in [-0.4, -0.2) is 67.8 Å². The van der Waals surface area contributed by atoms with Gasteiger partial charge in [-0.15, -0.1) is 0 Å². The first-order chi connectivity index (χ1) is 17.3. The van der Waals surface area contributed by atoms with Crippen LogP contribution in [0.15, 0.2) is 47.6 Å². The summed E-state index contributed by atoms with van der Waals surface area (Å²) >= 11 is 11.9. The minimum Gasteiger partial charge on any atom is -0.483 e. The Kier molecular flexibility index (Phi) is 10.1. The third-order valence-corrected chi connectivity index (χ3v) is 6.17. The molecular weight excluding hydrogens is 507 g/mol. The number of nitrogens with zero attached hydrogens (tertiary/aromatic N) is 2. The van der Waals surface area contributed by atoms with Crippen molar-refractivity contribution in [3.63, 3.8) is 0 Å². The van der Waals surface area contributed by atoms with Gasteiger partial charge in [-0.25, -0.2) is 5.43 Å². The predicted molar refractivity (Wildman–Crippen MR) is 138 cm³/mol. The Bertz CT molecular complexity index is 1120. The Morgan fingerprint density at radius 2 is 1.83 bits per heavy atom. The van der Waals surface area contributed by atoms with E-state index in [-0.39, 0.29) is 29.0 Å². The van der Waals surface area contributed by atoms with Crippen LogP contribution in [0.5, 0.6) is 5.75 Å². The van der Waals surface area contributed by atoms with Crippen LogP contribution >= 0.6 is 23.2 Å². The lowest BCUT2D eigenvalue weighted by Crippen LogP contribution is -2.48. The van der Waals surface area contributed by atoms with Gasteiger partial charge in [-0.1, -0.05) is 49.2 Å². The molecule has 0 aromatic heterocycles. The van der Waals surface area contributed by atoms with Gasteiger partial charge in [0.15, 0.2) is 6.61 Å². The molecule has 11 heteroatoms. The van der Waals surface area contributed by atoms with Crippen molar-refractivity contribution < 1.29 is 23.9 Å². The Hall–Kier alpha value is -3.14. The molecule has 1 atom stereocenters. The number of hydrazone groups is 1. The molecule has 0 radical (unpaired) electrons. The first kappa shape index (κ1) is 27.4. The molecule has 2 N–H and O–H groups in total. The van der Waals surface area contributed by atoms with Crippen molar-refractivity contribution in [2.45, 2.75) is 19.9 Å². The van der Waals surface area contributed by atoms with E-state index in [2.05, 4.69) is 15.8 Å². The molecule has 1 aliphatic heterocycles. The van der Waals surface area contributed by atoms with Gasteiger partial charge < -0.3 is 19.7 Å². The van der Waals surface area contributed by atoms with Crippen LogP contribution in [0.2, 0.25) is 10.0 Å². The summed E-state index contributed by atoms with van der Waals surface area (Å²) in [4.78, 5) is 39.4. The highest BCUT2D eigenvalue weighted by atomic mass is 35.5. The Morgan fingerprint density at radius 1 is 1.11 bits per heavy atom. The molecule has 36 heavy (non-hydrogen) atoms. The zero-order chi connectivity index (χ0) is 26.1. The standard InChI is InChI=1S/C25H28Cl2N4O5/c1-16(2)23(29-24(33)17-7-8-19(26)20(27)13-17)25(34)30-28-14-18-5-3-4-6-21(18)36-15-22(32)31-9-11-35-12-10-31/h3-8,13-14,16,23H,9-12,15H2,1-2H3,(H,29,33)(H,30,34). The second kappa shape index (κ2) is 13.2. The van der Waals surface area contributed by atoms with Crippen LogP contribution in [-0.2, 0) is 14.3 Å². The number of benzene rings is 2. The van der Waals surface area contributed by atoms with E-state index in [0.29, 0.717) is 42.6 Å². The number of carbonyl (C=O) groups excluding carboxylic acids is 3. The van der Waals surface area contributed by atoms with E-state index < -0.39 is 17.9 Å². The van der Waals surface area contributed by atoms with Gasteiger partial charge in [0.1, 0.15) is 11.8 Å². The number of rotatable bonds is 9. The smallest absolute Gasteiger partial charge is 0.262 e. The third-order valence-electron chi connectivity index (χ3n) is 5.43. The average Bonchev–Trinajstić information content (AvgIpc) is 2.88. The van der Waals surface area contributed by atoms with Gasteiger partial charge in [0.05, 0.1) is 29.5 Å². The van der Waals surface area contributed by atoms with E-state index in [1.165, 1.54) is 24.4 Å². The molecule has 9 nitrogen and oxygen atoms in total. The van der Waals surface area contributed by atoms with Crippen LogP contribution in [0.4, 0.5) is 0 Å². The van der Waals surface area contributed by atoms with E-state index in [1.807, 2.05) is 0 Å². The molecule has 3 rings (SSSR count). The van der Waals surface area contributed by atoms with Crippen molar-refractivity contribution in [3.8, 4) is 5.75 Å². The van der Waals surface area contributed by atoms with Gasteiger partial charge in [-0.2, -0.15) is 5.10 Å². The topological polar surface area (TPSA) is 109 Å². The monoisotopic (exact) mass is 534 g/mol. The zero-order valence-corrected chi connectivity index (χ0v) is 21.5. The lowest BCUT2D eigenvalue weighted by molar-refractivity contribution is -0.137. The average molecular weight is 535 g/mol. The molecule has 1 heterocycles. The minimum atomic E-state index is -0.846. The van der Waals surface area contributed by atoms with E-state index in [1.54, 1.807) is 43.0 Å². The van der Waals surface area contributed by atoms with Crippen LogP contribution in [0.1, 0.15) is 29.8 Å². The van der Waals surface area contributed by atoms with Crippen molar-refractivity contribution in [2.24, 2.45) is 11.0 Å². The van der Waals surface area contributed by atoms with Gasteiger partial charge in [-0.3, -0.25) is 14.4 Å². The first-order valence-electron chi connectivity index (χ1n) is 11.4. The Balaban J connectivity index is 1.59. The van der Waals surface area contributed by atoms with Gasteiger partial charge in [0.2, 0.25) is 0 Å². The van der Waals surface area contributed by atoms with Crippen molar-refractivity contribution in [2.75, 3.05) is 32.9 Å². The summed E-state index contributed by atoms with van der Waals surface area (Å²) in [6, 6.07) is 10.7. The maximum Gasteiger partial charge on any atom is 0.262 e. The van der Waals surface area contributed by atoms with Crippen LogP contribution < -0.4 is 15.5 Å². The van der Waals surface area contributed by atoms with Crippen LogP contribution in [0.3, 0.4) is 0 Å². The highest BCUT2D eigenvalue weighted by molar-refractivity contribution is 6.42. The van der Waals surface area contributed by atoms with E-state index in [9.17, 15) is 14.4 Å². The van der Waals surface area contributed by atoms with Gasteiger partial charge in [0.25, 0.3) is 17.7 Å². The van der Waals surface area contributed by atoms with Crippen LogP contribution in [0.25, 0.3) is 0 Å². The number of para-hydroxylation sites is 1. The number of amides is 3. The van der Waals surface area contributed by atoms with E-state index in [0.717, 1.165) is 0 Å². The lowest BCUT2D eigenvalue weighted by atomic mass is 10.0. The first-order valence-corrected chi connectivity index (χ1v) is 12.2. The lowest BCUT2D eigenvalue weighted by Gasteiger charge is -2.26. The number of ether oxygens (including phenoxy) is 2. The van der Waals surface area contributed by atoms with Crippen molar-refractivity contribution in [1.82, 2.24) is 15.6 Å². The molecule has 2 aromatic rings. The van der Waals surface area contributed by atoms with Gasteiger partial charge in [-0.05, 0) is 36.2 Å². The summed E-state index contributed by atoms with van der Waals surface area (Å²) in [7, 11) is 0. The van der Waals surface area contributed by atoms with Gasteiger partial charge >= 0.3 is 0 Å². The highest BCUT2D eigenvalue weighted by Gasteiger charge is 2.25. The summed E-state index contributed by atoms with van der Waals surface area (Å²) in [6.45, 7) is 5.59. The third kappa shape index (κ3) is 7.68. The molecule has 0 bridgehead atoms. The van der Waals surface area contributed by atoms with Crippen molar-refractivity contribution in [1.29, 1.82) is 0 Å². The highest BCUT2D eigenvalue weighted by Crippen LogP contribution is 2.22. The molecule has 0 aliphatic carbocycles. The second-order valence-electron chi connectivity index (χ2n) is 8.38. The normalized spacial score (nSPS) is 14.5. The quantitative estimate of drug-likeness (QED) is 0.379. The van der Waals surface area contributed by atoms with Gasteiger partial charge in [0, 0.05) is 24.2 Å². The SMILES string of the molecule is CC(C)C(NC(=O)c1ccc(Cl)c(Cl)c1)C(=O)NN=Cc1ccccc1OCC(=O)N1CCOCC1. The Morgan fingerprint density at radius 3 is 2.53 bits per heavy atom. The fourth-order valence-corrected chi connectivity index (χ4v) is 3.69. The van der Waals surface area contributed by atoms with Crippen molar-refractivity contribution >= 4 is 47.1 Å². The number of carbonyl (C=O) groups is 3. The molecule has 1 saturated heterocycles. The number of halogens is 2. The maximum atomic E-state index is 12.8. The molecular formula is C25H28Cl2N4O5. The summed E-state index contributed by atoms with van der Waals surface area (Å²) in [5.41, 5.74) is 3.32. The maximum absolute atomic E-state index is 12.8. The number of hydrogen-bond donors (Lipinski definition) is 2. The van der Waals surface area contributed by atoms with Crippen molar-refractivity contribution in [3.05, 3.63) is 63.6 Å². The summed E-state index contributed by atoms with van der Waals surface area (Å²) in [5.74, 6) is -0.847. The fourth-order valence-electron chi connectivity index (χ4n) is 3.39. The molecule has 1 unspecified atom stereocenters. The largest absolute Gasteiger partial charge is 0.483 e. The summed E-state index contributed by atoms with van der Waals surface area (Å²) in [6.07, 6.45) is 1.42. The number of morpholine rings is 1. The zero-order valence-electron chi connectivity index (χ0n) is 20.0. The van der Waals surface area contributed by atoms with E-state index in [4.69, 9.17) is 32.7 Å².